The van der Waals surface area contributed by atoms with Crippen molar-refractivity contribution in [1.29, 1.82) is 0 Å². The van der Waals surface area contributed by atoms with Crippen molar-refractivity contribution in [2.75, 3.05) is 45.3 Å². The van der Waals surface area contributed by atoms with Gasteiger partial charge in [-0.05, 0) is 0 Å². The molecule has 1 aromatic heterocycles. The predicted octanol–water partition coefficient (Wildman–Crippen LogP) is 0.477. The summed E-state index contributed by atoms with van der Waals surface area (Å²) >= 11 is 2.61. The highest BCUT2D eigenvalue weighted by Crippen LogP contribution is 2.41. The number of amides is 2. The predicted molar refractivity (Wildman–Crippen MR) is 127 cm³/mol. The van der Waals surface area contributed by atoms with Crippen LogP contribution < -0.4 is 11.1 Å². The lowest BCUT2D eigenvalue weighted by Crippen LogP contribution is -2.71. The summed E-state index contributed by atoms with van der Waals surface area (Å²) in [5.41, 5.74) is 6.59. The SMILES string of the molecule is CO/N=C(\C(=O)N[C@@H]1C(=O)N2C(C(=O)O)=C(C[N+]3(C)CCCC3)CS[C@H]12)c1csc(N)n1.Cl. The van der Waals surface area contributed by atoms with Crippen LogP contribution in [0.1, 0.15) is 18.5 Å². The number of carboxylic acids is 1. The van der Waals surface area contributed by atoms with Crippen LogP contribution >= 0.6 is 35.5 Å². The number of nitrogen functional groups attached to an aromatic ring is 1. The number of aromatic nitrogens is 1. The number of halogens is 1. The Morgan fingerprint density at radius 3 is 2.70 bits per heavy atom. The number of anilines is 1. The number of hydrogen-bond donors (Lipinski definition) is 3. The second-order valence-corrected chi connectivity index (χ2v) is 10.2. The maximum Gasteiger partial charge on any atom is 0.352 e. The Bertz CT molecular complexity index is 1020. The monoisotopic (exact) mass is 517 g/mol. The Hall–Kier alpha value is -2.35. The zero-order valence-corrected chi connectivity index (χ0v) is 20.6. The number of β-lactam (4-membered cyclic amide) rings is 1. The summed E-state index contributed by atoms with van der Waals surface area (Å²) in [6, 6.07) is -0.863. The molecule has 0 aliphatic carbocycles. The van der Waals surface area contributed by atoms with Gasteiger partial charge in [0.1, 0.15) is 36.5 Å². The number of carbonyl (C=O) groups is 3. The van der Waals surface area contributed by atoms with Crippen LogP contribution in [0.15, 0.2) is 21.8 Å². The van der Waals surface area contributed by atoms with Crippen LogP contribution in [-0.2, 0) is 19.2 Å². The average Bonchev–Trinajstić information content (AvgIpc) is 3.37. The van der Waals surface area contributed by atoms with Gasteiger partial charge in [0, 0.05) is 29.5 Å². The van der Waals surface area contributed by atoms with E-state index in [1.165, 1.54) is 23.8 Å². The molecule has 0 bridgehead atoms. The van der Waals surface area contributed by atoms with Crippen LogP contribution in [0.4, 0.5) is 5.13 Å². The molecule has 0 radical (unpaired) electrons. The van der Waals surface area contributed by atoms with E-state index >= 15 is 0 Å². The van der Waals surface area contributed by atoms with Crippen LogP contribution in [0.5, 0.6) is 0 Å². The highest BCUT2D eigenvalue weighted by molar-refractivity contribution is 8.00. The first-order valence-corrected chi connectivity index (χ1v) is 12.0. The lowest BCUT2D eigenvalue weighted by atomic mass is 10.0. The molecule has 0 unspecified atom stereocenters. The number of likely N-dealkylation sites (tertiary alicyclic amines) is 1. The first kappa shape index (κ1) is 25.3. The van der Waals surface area contributed by atoms with Crippen molar-refractivity contribution in [3.63, 3.8) is 0 Å². The standard InChI is InChI=1S/C19H24N6O5S2.ClH/c1-25(5-3-4-6-25)7-10-8-31-17-13(16(27)24(17)14(10)18(28)29)22-15(26)12(23-30-2)11-9-32-19(20)21-11;/h9,13,17H,3-8H2,1-2H3,(H3-,20,21,22,26,28,29);1H/p+1/b23-12-;/t13-,17-;/m1./s1. The van der Waals surface area contributed by atoms with Gasteiger partial charge in [0.25, 0.3) is 11.8 Å². The number of fused-ring (bicyclic) bond motifs is 1. The maximum atomic E-state index is 12.9. The minimum Gasteiger partial charge on any atom is -0.477 e. The minimum absolute atomic E-state index is 0. The van der Waals surface area contributed by atoms with Crippen LogP contribution in [0.3, 0.4) is 0 Å². The molecule has 0 saturated carbocycles. The number of likely N-dealkylation sites (N-methyl/N-ethyl adjacent to an activating group) is 1. The molecule has 4 rings (SSSR count). The third-order valence-corrected chi connectivity index (χ3v) is 7.93. The number of carbonyl (C=O) groups excluding carboxylic acids is 2. The summed E-state index contributed by atoms with van der Waals surface area (Å²) in [6.07, 6.45) is 2.24. The summed E-state index contributed by atoms with van der Waals surface area (Å²) in [7, 11) is 3.42. The Kier molecular flexibility index (Phi) is 7.56. The molecule has 2 atom stereocenters. The normalized spacial score (nSPS) is 24.0. The van der Waals surface area contributed by atoms with Crippen molar-refractivity contribution in [2.45, 2.75) is 24.3 Å². The number of aliphatic carboxylic acids is 1. The fraction of sp³-hybridized carbons (Fsp3) is 0.526. The fourth-order valence-corrected chi connectivity index (χ4v) is 6.31. The third kappa shape index (κ3) is 4.81. The molecule has 2 saturated heterocycles. The second kappa shape index (κ2) is 9.87. The van der Waals surface area contributed by atoms with E-state index in [0.29, 0.717) is 12.3 Å². The molecule has 1 aromatic rings. The maximum absolute atomic E-state index is 12.9. The summed E-state index contributed by atoms with van der Waals surface area (Å²) in [6.45, 7) is 2.61. The number of carboxylic acid groups (broad SMARTS) is 1. The third-order valence-electron chi connectivity index (χ3n) is 5.92. The van der Waals surface area contributed by atoms with Crippen molar-refractivity contribution in [2.24, 2.45) is 5.16 Å². The van der Waals surface area contributed by atoms with E-state index in [1.54, 1.807) is 5.38 Å². The number of thioether (sulfide) groups is 1. The number of nitrogens with zero attached hydrogens (tertiary/aromatic N) is 4. The minimum atomic E-state index is -1.12. The van der Waals surface area contributed by atoms with Gasteiger partial charge in [-0.1, -0.05) is 5.16 Å². The number of hydrogen-bond acceptors (Lipinski definition) is 9. The zero-order chi connectivity index (χ0) is 23.0. The van der Waals surface area contributed by atoms with Crippen molar-refractivity contribution in [3.05, 3.63) is 22.3 Å². The van der Waals surface area contributed by atoms with Gasteiger partial charge in [0.05, 0.1) is 20.1 Å². The van der Waals surface area contributed by atoms with Crippen LogP contribution in [0, 0.1) is 0 Å². The number of nitrogens with two attached hydrogens (primary N) is 1. The van der Waals surface area contributed by atoms with Gasteiger partial charge < -0.3 is 25.5 Å². The van der Waals surface area contributed by atoms with Crippen LogP contribution in [-0.4, -0.2) is 93.9 Å². The van der Waals surface area contributed by atoms with E-state index in [0.717, 1.165) is 47.3 Å². The number of thiazole rings is 1. The summed E-state index contributed by atoms with van der Waals surface area (Å²) in [5, 5.41) is 17.6. The summed E-state index contributed by atoms with van der Waals surface area (Å²) in [4.78, 5) is 47.9. The quantitative estimate of drug-likeness (QED) is 0.205. The molecule has 0 spiro atoms. The van der Waals surface area contributed by atoms with E-state index in [4.69, 9.17) is 10.6 Å². The van der Waals surface area contributed by atoms with Gasteiger partial charge in [0.2, 0.25) is 0 Å². The fourth-order valence-electron chi connectivity index (χ4n) is 4.42. The van der Waals surface area contributed by atoms with Crippen molar-refractivity contribution in [3.8, 4) is 0 Å². The summed E-state index contributed by atoms with van der Waals surface area (Å²) < 4.78 is 0.785. The van der Waals surface area contributed by atoms with Gasteiger partial charge in [-0.25, -0.2) is 9.78 Å². The Balaban J connectivity index is 0.00000306. The van der Waals surface area contributed by atoms with Gasteiger partial charge in [-0.3, -0.25) is 14.5 Å². The van der Waals surface area contributed by atoms with Crippen LogP contribution in [0.25, 0.3) is 0 Å². The highest BCUT2D eigenvalue weighted by atomic mass is 35.5. The molecule has 0 aromatic carbocycles. The largest absolute Gasteiger partial charge is 0.477 e. The van der Waals surface area contributed by atoms with E-state index < -0.39 is 29.2 Å². The van der Waals surface area contributed by atoms with Crippen molar-refractivity contribution in [1.82, 2.24) is 15.2 Å². The van der Waals surface area contributed by atoms with Gasteiger partial charge in [-0.15, -0.1) is 35.5 Å². The van der Waals surface area contributed by atoms with E-state index in [1.807, 2.05) is 0 Å². The Morgan fingerprint density at radius 1 is 1.42 bits per heavy atom. The lowest BCUT2D eigenvalue weighted by molar-refractivity contribution is -0.893. The smallest absolute Gasteiger partial charge is 0.352 e. The molecule has 180 valence electrons. The zero-order valence-electron chi connectivity index (χ0n) is 18.1. The van der Waals surface area contributed by atoms with E-state index in [2.05, 4.69) is 22.5 Å². The molecule has 11 nitrogen and oxygen atoms in total. The molecule has 2 fully saturated rings. The molecule has 3 aliphatic heterocycles. The Labute approximate surface area is 205 Å². The first-order valence-electron chi connectivity index (χ1n) is 10.1. The molecule has 3 aliphatic rings. The number of quaternary nitrogens is 1. The van der Waals surface area contributed by atoms with Gasteiger partial charge >= 0.3 is 5.97 Å². The number of oxime groups is 1. The average molecular weight is 518 g/mol. The molecule has 4 N–H and O–H groups in total. The molecule has 2 amide bonds. The molecule has 4 heterocycles. The molecule has 14 heteroatoms. The van der Waals surface area contributed by atoms with E-state index in [9.17, 15) is 19.5 Å². The first-order chi connectivity index (χ1) is 15.2. The molecular formula is C19H26ClN6O5S2+. The second-order valence-electron chi connectivity index (χ2n) is 8.24. The Morgan fingerprint density at radius 2 is 2.12 bits per heavy atom. The highest BCUT2D eigenvalue weighted by Gasteiger charge is 2.55. The molecule has 33 heavy (non-hydrogen) atoms. The topological polar surface area (TPSA) is 147 Å². The summed E-state index contributed by atoms with van der Waals surface area (Å²) in [5.74, 6) is -1.71. The lowest BCUT2D eigenvalue weighted by Gasteiger charge is -2.49. The number of nitrogens with one attached hydrogen (secondary N) is 1. The van der Waals surface area contributed by atoms with Crippen molar-refractivity contribution < 1.29 is 28.8 Å². The van der Waals surface area contributed by atoms with Crippen molar-refractivity contribution >= 4 is 64.1 Å². The number of rotatable bonds is 7. The molecular weight excluding hydrogens is 492 g/mol. The van der Waals surface area contributed by atoms with Gasteiger partial charge in [-0.2, -0.15) is 0 Å². The van der Waals surface area contributed by atoms with E-state index in [-0.39, 0.29) is 34.6 Å². The van der Waals surface area contributed by atoms with Crippen LogP contribution in [0.2, 0.25) is 0 Å². The van der Waals surface area contributed by atoms with Gasteiger partial charge in [0.15, 0.2) is 10.8 Å².